The van der Waals surface area contributed by atoms with E-state index in [0.29, 0.717) is 5.56 Å². The zero-order chi connectivity index (χ0) is 15.1. The number of hydrogen-bond acceptors (Lipinski definition) is 4. The van der Waals surface area contributed by atoms with Crippen LogP contribution in [-0.2, 0) is 9.59 Å². The van der Waals surface area contributed by atoms with Crippen molar-refractivity contribution in [1.82, 2.24) is 5.32 Å². The first-order chi connectivity index (χ1) is 9.23. The highest BCUT2D eigenvalue weighted by Gasteiger charge is 2.41. The Kier molecular flexibility index (Phi) is 3.52. The molecule has 0 saturated carbocycles. The summed E-state index contributed by atoms with van der Waals surface area (Å²) in [5.41, 5.74) is -0.416. The van der Waals surface area contributed by atoms with Crippen LogP contribution in [0.3, 0.4) is 0 Å². The van der Waals surface area contributed by atoms with Gasteiger partial charge >= 0.3 is 0 Å². The van der Waals surface area contributed by atoms with E-state index in [0.717, 1.165) is 0 Å². The summed E-state index contributed by atoms with van der Waals surface area (Å²) in [6.07, 6.45) is -0.780. The lowest BCUT2D eigenvalue weighted by Crippen LogP contribution is -2.64. The van der Waals surface area contributed by atoms with Crippen molar-refractivity contribution in [2.45, 2.75) is 32.4 Å². The van der Waals surface area contributed by atoms with Crippen molar-refractivity contribution in [3.8, 4) is 0 Å². The van der Waals surface area contributed by atoms with Gasteiger partial charge in [-0.3, -0.25) is 14.9 Å². The highest BCUT2D eigenvalue weighted by atomic mass is 19.1. The largest absolute Gasteiger partial charge is 0.389 e. The monoisotopic (exact) mass is 280 g/mol. The Labute approximate surface area is 116 Å². The van der Waals surface area contributed by atoms with Gasteiger partial charge in [0.1, 0.15) is 11.4 Å². The maximum Gasteiger partial charge on any atom is 0.251 e. The fourth-order valence-electron chi connectivity index (χ4n) is 2.17. The number of aliphatic hydroxyl groups excluding tert-OH is 1. The van der Waals surface area contributed by atoms with Crippen LogP contribution in [0.15, 0.2) is 18.2 Å². The van der Waals surface area contributed by atoms with E-state index in [1.165, 1.54) is 24.0 Å². The van der Waals surface area contributed by atoms with Crippen LogP contribution in [0, 0.1) is 5.82 Å². The van der Waals surface area contributed by atoms with E-state index >= 15 is 0 Å². The normalized spacial score (nSPS) is 19.8. The van der Waals surface area contributed by atoms with E-state index in [1.807, 2.05) is 0 Å². The molecular formula is C14H17FN2O3. The molecule has 0 radical (unpaired) electrons. The van der Waals surface area contributed by atoms with E-state index in [-0.39, 0.29) is 12.2 Å². The summed E-state index contributed by atoms with van der Waals surface area (Å²) in [5.74, 6) is -1.50. The number of carbonyl (C=O) groups excluding carboxylic acids is 2. The quantitative estimate of drug-likeness (QED) is 0.797. The molecule has 0 aromatic heterocycles. The van der Waals surface area contributed by atoms with Crippen LogP contribution in [0.25, 0.3) is 0 Å². The van der Waals surface area contributed by atoms with Crippen LogP contribution in [0.5, 0.6) is 0 Å². The first-order valence-corrected chi connectivity index (χ1v) is 6.33. The van der Waals surface area contributed by atoms with E-state index in [1.54, 1.807) is 19.9 Å². The van der Waals surface area contributed by atoms with E-state index in [2.05, 4.69) is 5.32 Å². The van der Waals surface area contributed by atoms with Gasteiger partial charge in [-0.25, -0.2) is 4.39 Å². The highest BCUT2D eigenvalue weighted by Crippen LogP contribution is 2.30. The molecule has 0 spiro atoms. The van der Waals surface area contributed by atoms with E-state index in [4.69, 9.17) is 0 Å². The number of halogens is 1. The van der Waals surface area contributed by atoms with Crippen molar-refractivity contribution in [2.24, 2.45) is 0 Å². The van der Waals surface area contributed by atoms with Gasteiger partial charge in [-0.2, -0.15) is 0 Å². The molecule has 6 heteroatoms. The van der Waals surface area contributed by atoms with Crippen LogP contribution in [-0.4, -0.2) is 29.0 Å². The molecule has 20 heavy (non-hydrogen) atoms. The Balaban J connectivity index is 2.44. The van der Waals surface area contributed by atoms with Crippen LogP contribution >= 0.6 is 0 Å². The third-order valence-electron chi connectivity index (χ3n) is 3.53. The summed E-state index contributed by atoms with van der Waals surface area (Å²) in [7, 11) is 0. The lowest BCUT2D eigenvalue weighted by molar-refractivity contribution is -0.135. The molecule has 108 valence electrons. The lowest BCUT2D eigenvalue weighted by Gasteiger charge is -2.41. The number of anilines is 1. The maximum absolute atomic E-state index is 14.2. The minimum absolute atomic E-state index is 0.0936. The number of nitrogens with one attached hydrogen (secondary N) is 1. The molecular weight excluding hydrogens is 263 g/mol. The number of amides is 2. The van der Waals surface area contributed by atoms with Crippen molar-refractivity contribution in [2.75, 3.05) is 11.4 Å². The molecule has 1 aliphatic heterocycles. The van der Waals surface area contributed by atoms with Crippen LogP contribution in [0.4, 0.5) is 10.1 Å². The molecule has 0 aliphatic carbocycles. The van der Waals surface area contributed by atoms with Gasteiger partial charge in [0.2, 0.25) is 5.91 Å². The standard InChI is InChI=1S/C14H17FN2O3/c1-8(18)9-4-5-11(10(15)6-9)17-7-12(19)16-13(20)14(17,2)3/h4-6,8,18H,7H2,1-3H3,(H,16,19,20)/t8-/m0/s1. The Morgan fingerprint density at radius 3 is 2.60 bits per heavy atom. The summed E-state index contributed by atoms with van der Waals surface area (Å²) in [5, 5.41) is 11.7. The Morgan fingerprint density at radius 1 is 1.40 bits per heavy atom. The SMILES string of the molecule is C[C@H](O)c1ccc(N2CC(=O)NC(=O)C2(C)C)c(F)c1. The number of benzene rings is 1. The molecule has 0 bridgehead atoms. The van der Waals surface area contributed by atoms with Gasteiger partial charge in [0.15, 0.2) is 0 Å². The van der Waals surface area contributed by atoms with Gasteiger partial charge in [0.25, 0.3) is 5.91 Å². The Bertz CT molecular complexity index is 570. The van der Waals surface area contributed by atoms with Gasteiger partial charge < -0.3 is 10.0 Å². The molecule has 1 aromatic carbocycles. The minimum atomic E-state index is -1.03. The van der Waals surface area contributed by atoms with E-state index < -0.39 is 29.3 Å². The number of imide groups is 1. The van der Waals surface area contributed by atoms with Crippen molar-refractivity contribution in [1.29, 1.82) is 0 Å². The molecule has 1 heterocycles. The van der Waals surface area contributed by atoms with Gasteiger partial charge in [0, 0.05) is 0 Å². The minimum Gasteiger partial charge on any atom is -0.389 e. The molecule has 5 nitrogen and oxygen atoms in total. The Hall–Kier alpha value is -1.95. The molecule has 1 atom stereocenters. The van der Waals surface area contributed by atoms with Crippen molar-refractivity contribution in [3.63, 3.8) is 0 Å². The maximum atomic E-state index is 14.2. The Morgan fingerprint density at radius 2 is 2.05 bits per heavy atom. The van der Waals surface area contributed by atoms with Gasteiger partial charge in [-0.05, 0) is 38.5 Å². The average Bonchev–Trinajstić information content (AvgIpc) is 2.34. The molecule has 0 unspecified atom stereocenters. The molecule has 2 N–H and O–H groups in total. The number of nitrogens with zero attached hydrogens (tertiary/aromatic N) is 1. The topological polar surface area (TPSA) is 69.6 Å². The fraction of sp³-hybridized carbons (Fsp3) is 0.429. The first-order valence-electron chi connectivity index (χ1n) is 6.33. The second-order valence-corrected chi connectivity index (χ2v) is 5.41. The van der Waals surface area contributed by atoms with Crippen LogP contribution in [0.2, 0.25) is 0 Å². The molecule has 2 amide bonds. The van der Waals surface area contributed by atoms with Gasteiger partial charge in [0.05, 0.1) is 18.3 Å². The third-order valence-corrected chi connectivity index (χ3v) is 3.53. The average molecular weight is 280 g/mol. The molecule has 1 aromatic rings. The van der Waals surface area contributed by atoms with Gasteiger partial charge in [-0.15, -0.1) is 0 Å². The summed E-state index contributed by atoms with van der Waals surface area (Å²) >= 11 is 0. The zero-order valence-corrected chi connectivity index (χ0v) is 11.6. The van der Waals surface area contributed by atoms with Gasteiger partial charge in [-0.1, -0.05) is 6.07 Å². The predicted molar refractivity (Wildman–Crippen MR) is 71.6 cm³/mol. The van der Waals surface area contributed by atoms with Crippen LogP contribution < -0.4 is 10.2 Å². The van der Waals surface area contributed by atoms with Crippen molar-refractivity contribution < 1.29 is 19.1 Å². The van der Waals surface area contributed by atoms with Crippen molar-refractivity contribution in [3.05, 3.63) is 29.6 Å². The molecule has 1 saturated heterocycles. The molecule has 1 aliphatic rings. The summed E-state index contributed by atoms with van der Waals surface area (Å²) in [4.78, 5) is 24.8. The summed E-state index contributed by atoms with van der Waals surface area (Å²) < 4.78 is 14.2. The smallest absolute Gasteiger partial charge is 0.251 e. The summed E-state index contributed by atoms with van der Waals surface area (Å²) in [6, 6.07) is 4.27. The van der Waals surface area contributed by atoms with E-state index in [9.17, 15) is 19.1 Å². The zero-order valence-electron chi connectivity index (χ0n) is 11.6. The number of hydrogen-bond donors (Lipinski definition) is 2. The molecule has 2 rings (SSSR count). The molecule has 1 fully saturated rings. The third kappa shape index (κ3) is 2.38. The second kappa shape index (κ2) is 4.86. The van der Waals surface area contributed by atoms with Crippen LogP contribution in [0.1, 0.15) is 32.4 Å². The first kappa shape index (κ1) is 14.5. The number of rotatable bonds is 2. The predicted octanol–water partition coefficient (Wildman–Crippen LogP) is 1.12. The second-order valence-electron chi connectivity index (χ2n) is 5.41. The highest BCUT2D eigenvalue weighted by molar-refractivity contribution is 6.06. The number of carbonyl (C=O) groups is 2. The lowest BCUT2D eigenvalue weighted by atomic mass is 9.97. The summed E-state index contributed by atoms with van der Waals surface area (Å²) in [6.45, 7) is 4.69. The number of aliphatic hydroxyl groups is 1. The number of piperazine rings is 1. The van der Waals surface area contributed by atoms with Crippen molar-refractivity contribution >= 4 is 17.5 Å². The fourth-order valence-corrected chi connectivity index (χ4v) is 2.17.